The van der Waals surface area contributed by atoms with E-state index in [4.69, 9.17) is 18.9 Å². The molecule has 0 radical (unpaired) electrons. The second-order valence-corrected chi connectivity index (χ2v) is 18.1. The summed E-state index contributed by atoms with van der Waals surface area (Å²) >= 11 is 3.49. The number of hydrogen-bond acceptors (Lipinski definition) is 8. The fourth-order valence-electron chi connectivity index (χ4n) is 4.35. The number of unbranched alkanes of at least 4 members (excludes halogenated alkanes) is 1. The van der Waals surface area contributed by atoms with Crippen molar-refractivity contribution < 1.29 is 23.8 Å². The van der Waals surface area contributed by atoms with Crippen LogP contribution < -0.4 is 20.1 Å². The predicted octanol–water partition coefficient (Wildman–Crippen LogP) is 8.10. The molecule has 0 amide bonds. The van der Waals surface area contributed by atoms with E-state index in [1.807, 2.05) is 18.2 Å². The van der Waals surface area contributed by atoms with Gasteiger partial charge in [0.05, 0.1) is 37.6 Å². The number of nitrogens with zero attached hydrogens (tertiary/aromatic N) is 2. The summed E-state index contributed by atoms with van der Waals surface area (Å²) in [4.78, 5) is 22.2. The smallest absolute Gasteiger partial charge is 0.341 e. The lowest BCUT2D eigenvalue weighted by Gasteiger charge is -2.41. The third-order valence-corrected chi connectivity index (χ3v) is 12.9. The molecule has 3 rings (SSSR count). The number of methoxy groups -OCH3 is 2. The Hall–Kier alpha value is -2.89. The summed E-state index contributed by atoms with van der Waals surface area (Å²) in [6.45, 7) is 16.1. The second kappa shape index (κ2) is 13.6. The van der Waals surface area contributed by atoms with Gasteiger partial charge in [-0.05, 0) is 65.6 Å². The van der Waals surface area contributed by atoms with Gasteiger partial charge in [-0.1, -0.05) is 40.5 Å². The van der Waals surface area contributed by atoms with Crippen LogP contribution in [-0.2, 0) is 11.0 Å². The number of halogens is 1. The number of aromatic nitrogens is 2. The van der Waals surface area contributed by atoms with Crippen LogP contribution >= 0.6 is 15.9 Å². The van der Waals surface area contributed by atoms with E-state index >= 15 is 0 Å². The molecule has 230 valence electrons. The average Bonchev–Trinajstić information content (AvgIpc) is 2.92. The van der Waals surface area contributed by atoms with Crippen LogP contribution in [0.4, 0.5) is 11.5 Å². The predicted molar refractivity (Wildman–Crippen MR) is 176 cm³/mol. The molecular weight excluding hydrogens is 616 g/mol. The summed E-state index contributed by atoms with van der Waals surface area (Å²) in [6, 6.07) is 7.34. The third-order valence-electron chi connectivity index (χ3n) is 8.01. The second-order valence-electron chi connectivity index (χ2n) is 12.4. The number of anilines is 2. The van der Waals surface area contributed by atoms with Crippen molar-refractivity contribution in [1.82, 2.24) is 9.97 Å². The van der Waals surface area contributed by atoms with Crippen LogP contribution in [0, 0.1) is 0 Å². The summed E-state index contributed by atoms with van der Waals surface area (Å²) in [5.41, 5.74) is 1.77. The number of carboxylic acids is 1. The number of fused-ring (bicyclic) bond motifs is 1. The first-order valence-corrected chi connectivity index (χ1v) is 17.9. The summed E-state index contributed by atoms with van der Waals surface area (Å²) in [6.07, 6.45) is 4.41. The lowest BCUT2D eigenvalue weighted by Crippen LogP contribution is -2.48. The first-order valence-electron chi connectivity index (χ1n) is 14.2. The van der Waals surface area contributed by atoms with Crippen molar-refractivity contribution in [3.8, 4) is 11.5 Å². The molecule has 1 unspecified atom stereocenters. The first-order chi connectivity index (χ1) is 19.6. The quantitative estimate of drug-likeness (QED) is 0.147. The molecule has 3 aromatic rings. The monoisotopic (exact) mass is 660 g/mol. The Balaban J connectivity index is 2.11. The number of pyridine rings is 2. The van der Waals surface area contributed by atoms with Crippen LogP contribution in [0.25, 0.3) is 11.0 Å². The molecule has 1 atom stereocenters. The van der Waals surface area contributed by atoms with Gasteiger partial charge >= 0.3 is 5.97 Å². The summed E-state index contributed by atoms with van der Waals surface area (Å²) in [5.74, 6) is 0.416. The standard InChI is InChI=1S/C31H45BrN4O5Si/c1-10-11-14-31(5,19-41-42(8,9)30(2,3)4)36-27-25(29(37)38)28(35-23-15-21(32)18-33-26(23)27)34-17-20-12-13-22(39-6)16-24(20)40-7/h12-13,15-16,18H,10-11,14,17,19H2,1-9H3,(H,37,38)(H2,34,35,36). The first kappa shape index (κ1) is 33.6. The fraction of sp³-hybridized carbons (Fsp3) is 0.516. The van der Waals surface area contributed by atoms with Crippen LogP contribution in [-0.4, -0.2) is 55.7 Å². The Morgan fingerprint density at radius 1 is 1.12 bits per heavy atom. The maximum Gasteiger partial charge on any atom is 0.341 e. The third kappa shape index (κ3) is 7.93. The van der Waals surface area contributed by atoms with Crippen molar-refractivity contribution in [2.45, 2.75) is 84.1 Å². The van der Waals surface area contributed by atoms with Crippen LogP contribution in [0.5, 0.6) is 11.5 Å². The molecule has 0 aliphatic heterocycles. The summed E-state index contributed by atoms with van der Waals surface area (Å²) < 4.78 is 18.3. The maximum atomic E-state index is 12.9. The Morgan fingerprint density at radius 2 is 1.83 bits per heavy atom. The van der Waals surface area contributed by atoms with Gasteiger partial charge in [0.25, 0.3) is 0 Å². The molecule has 0 spiro atoms. The Bertz CT molecular complexity index is 1410. The van der Waals surface area contributed by atoms with E-state index in [2.05, 4.69) is 79.3 Å². The molecular formula is C31H45BrN4O5Si. The van der Waals surface area contributed by atoms with E-state index in [0.717, 1.165) is 29.3 Å². The number of nitrogens with one attached hydrogen (secondary N) is 2. The van der Waals surface area contributed by atoms with E-state index < -0.39 is 19.8 Å². The lowest BCUT2D eigenvalue weighted by molar-refractivity contribution is 0.0698. The number of rotatable bonds is 14. The number of benzene rings is 1. The van der Waals surface area contributed by atoms with Crippen LogP contribution in [0.15, 0.2) is 34.9 Å². The van der Waals surface area contributed by atoms with E-state index in [9.17, 15) is 9.90 Å². The van der Waals surface area contributed by atoms with Crippen molar-refractivity contribution in [2.24, 2.45) is 0 Å². The van der Waals surface area contributed by atoms with Crippen molar-refractivity contribution in [3.63, 3.8) is 0 Å². The Kier molecular flexibility index (Phi) is 10.9. The van der Waals surface area contributed by atoms with Gasteiger partial charge in [0.15, 0.2) is 8.32 Å². The summed E-state index contributed by atoms with van der Waals surface area (Å²) in [7, 11) is 1.11. The van der Waals surface area contributed by atoms with Gasteiger partial charge in [-0.2, -0.15) is 0 Å². The van der Waals surface area contributed by atoms with Gasteiger partial charge in [0.2, 0.25) is 0 Å². The lowest BCUT2D eigenvalue weighted by atomic mass is 9.94. The molecule has 1 aromatic carbocycles. The molecule has 0 aliphatic rings. The zero-order chi connectivity index (χ0) is 31.3. The number of carbonyl (C=O) groups is 1. The van der Waals surface area contributed by atoms with E-state index in [0.29, 0.717) is 34.8 Å². The van der Waals surface area contributed by atoms with Gasteiger partial charge < -0.3 is 29.6 Å². The largest absolute Gasteiger partial charge is 0.497 e. The Morgan fingerprint density at radius 3 is 2.43 bits per heavy atom. The molecule has 0 aliphatic carbocycles. The van der Waals surface area contributed by atoms with Crippen molar-refractivity contribution in [1.29, 1.82) is 0 Å². The van der Waals surface area contributed by atoms with Gasteiger partial charge in [0.1, 0.15) is 28.4 Å². The van der Waals surface area contributed by atoms with Crippen molar-refractivity contribution in [3.05, 3.63) is 46.1 Å². The highest BCUT2D eigenvalue weighted by molar-refractivity contribution is 9.10. The molecule has 9 nitrogen and oxygen atoms in total. The number of ether oxygens (including phenoxy) is 2. The topological polar surface area (TPSA) is 115 Å². The molecule has 0 fully saturated rings. The van der Waals surface area contributed by atoms with Crippen LogP contribution in [0.3, 0.4) is 0 Å². The fourth-order valence-corrected chi connectivity index (χ4v) is 5.78. The van der Waals surface area contributed by atoms with Gasteiger partial charge in [0, 0.05) is 28.8 Å². The average molecular weight is 662 g/mol. The SMILES string of the molecule is CCCCC(C)(CO[Si](C)(C)C(C)(C)C)Nc1c(C(=O)O)c(NCc2ccc(OC)cc2OC)nc2cc(Br)cnc12. The van der Waals surface area contributed by atoms with E-state index in [-0.39, 0.29) is 23.0 Å². The van der Waals surface area contributed by atoms with E-state index in [1.165, 1.54) is 0 Å². The molecule has 2 heterocycles. The highest BCUT2D eigenvalue weighted by atomic mass is 79.9. The molecule has 0 saturated carbocycles. The summed E-state index contributed by atoms with van der Waals surface area (Å²) in [5, 5.41) is 17.5. The van der Waals surface area contributed by atoms with Crippen LogP contribution in [0.1, 0.15) is 69.8 Å². The zero-order valence-electron chi connectivity index (χ0n) is 26.3. The number of hydrogen-bond donors (Lipinski definition) is 3. The van der Waals surface area contributed by atoms with Crippen molar-refractivity contribution in [2.75, 3.05) is 31.5 Å². The minimum atomic E-state index is -2.07. The molecule has 3 N–H and O–H groups in total. The highest BCUT2D eigenvalue weighted by Gasteiger charge is 2.40. The highest BCUT2D eigenvalue weighted by Crippen LogP contribution is 2.39. The normalized spacial score (nSPS) is 13.5. The van der Waals surface area contributed by atoms with Gasteiger partial charge in [-0.3, -0.25) is 4.98 Å². The molecule has 2 aromatic heterocycles. The van der Waals surface area contributed by atoms with Gasteiger partial charge in [-0.25, -0.2) is 9.78 Å². The van der Waals surface area contributed by atoms with Crippen LogP contribution in [0.2, 0.25) is 18.1 Å². The van der Waals surface area contributed by atoms with E-state index in [1.54, 1.807) is 26.5 Å². The minimum Gasteiger partial charge on any atom is -0.497 e. The molecule has 11 heteroatoms. The number of carboxylic acid groups (broad SMARTS) is 1. The molecule has 0 saturated heterocycles. The van der Waals surface area contributed by atoms with Crippen molar-refractivity contribution >= 4 is 52.8 Å². The maximum absolute atomic E-state index is 12.9. The molecule has 42 heavy (non-hydrogen) atoms. The zero-order valence-corrected chi connectivity index (χ0v) is 28.9. The minimum absolute atomic E-state index is 0.0276. The van der Waals surface area contributed by atoms with Gasteiger partial charge in [-0.15, -0.1) is 0 Å². The number of aromatic carboxylic acids is 1. The Labute approximate surface area is 259 Å². The molecule has 0 bridgehead atoms.